The number of aromatic nitrogens is 1. The molecule has 0 amide bonds. The lowest BCUT2D eigenvalue weighted by molar-refractivity contribution is -0.141. The van der Waals surface area contributed by atoms with E-state index in [0.717, 1.165) is 0 Å². The fourth-order valence-electron chi connectivity index (χ4n) is 2.29. The topological polar surface area (TPSA) is 87.5 Å². The summed E-state index contributed by atoms with van der Waals surface area (Å²) in [6, 6.07) is 0. The molecule has 0 saturated heterocycles. The van der Waals surface area contributed by atoms with Crippen LogP contribution >= 0.6 is 0 Å². The number of carboxylic acids is 1. The van der Waals surface area contributed by atoms with E-state index in [1.807, 2.05) is 0 Å². The first-order chi connectivity index (χ1) is 11.4. The van der Waals surface area contributed by atoms with E-state index in [2.05, 4.69) is 4.98 Å². The number of ketones is 1. The highest BCUT2D eigenvalue weighted by Gasteiger charge is 2.42. The number of aromatic carboxylic acids is 1. The van der Waals surface area contributed by atoms with Crippen LogP contribution in [0.1, 0.15) is 57.9 Å². The van der Waals surface area contributed by atoms with Crippen LogP contribution < -0.4 is 0 Å². The maximum Gasteiger partial charge on any atom is 0.434 e. The Hall–Kier alpha value is -2.52. The van der Waals surface area contributed by atoms with Crippen molar-refractivity contribution in [3.63, 3.8) is 0 Å². The summed E-state index contributed by atoms with van der Waals surface area (Å²) in [4.78, 5) is 26.1. The Morgan fingerprint density at radius 2 is 1.76 bits per heavy atom. The third-order valence-corrected chi connectivity index (χ3v) is 3.10. The number of nitrogens with zero attached hydrogens (tertiary/aromatic N) is 1. The van der Waals surface area contributed by atoms with Crippen molar-refractivity contribution in [2.45, 2.75) is 32.9 Å². The minimum atomic E-state index is -5.28. The van der Waals surface area contributed by atoms with Crippen LogP contribution in [0, 0.1) is 5.92 Å². The zero-order chi connectivity index (χ0) is 19.5. The zero-order valence-electron chi connectivity index (χ0n) is 13.1. The van der Waals surface area contributed by atoms with Gasteiger partial charge < -0.3 is 10.2 Å². The molecule has 1 aromatic heterocycles. The molecule has 0 saturated carbocycles. The van der Waals surface area contributed by atoms with Crippen molar-refractivity contribution in [3.05, 3.63) is 40.4 Å². The fourth-order valence-corrected chi connectivity index (χ4v) is 2.29. The molecule has 0 unspecified atom stereocenters. The molecule has 1 rings (SSSR count). The molecule has 0 radical (unpaired) electrons. The third-order valence-electron chi connectivity index (χ3n) is 3.10. The molecule has 0 spiro atoms. The molecule has 0 aliphatic rings. The number of halogens is 5. The van der Waals surface area contributed by atoms with Crippen LogP contribution in [0.5, 0.6) is 0 Å². The van der Waals surface area contributed by atoms with Gasteiger partial charge in [0.2, 0.25) is 0 Å². The number of hydrogen-bond acceptors (Lipinski definition) is 4. The summed E-state index contributed by atoms with van der Waals surface area (Å²) in [5.41, 5.74) is -6.45. The average molecular weight is 367 g/mol. The van der Waals surface area contributed by atoms with Gasteiger partial charge in [-0.05, 0) is 17.9 Å². The zero-order valence-corrected chi connectivity index (χ0v) is 13.1. The molecule has 5 nitrogen and oxygen atoms in total. The molecule has 1 aromatic rings. The molecular formula is C15H14F5NO4. The lowest BCUT2D eigenvalue weighted by atomic mass is 9.89. The van der Waals surface area contributed by atoms with Crippen LogP contribution in [-0.4, -0.2) is 26.9 Å². The average Bonchev–Trinajstić information content (AvgIpc) is 2.43. The molecule has 10 heteroatoms. The molecule has 2 N–H and O–H groups in total. The second-order valence-electron chi connectivity index (χ2n) is 5.46. The van der Waals surface area contributed by atoms with Crippen LogP contribution in [0.3, 0.4) is 0 Å². The van der Waals surface area contributed by atoms with Gasteiger partial charge in [0.05, 0.1) is 17.4 Å². The Morgan fingerprint density at radius 1 is 1.20 bits per heavy atom. The second kappa shape index (κ2) is 7.58. The minimum absolute atomic E-state index is 0.170. The summed E-state index contributed by atoms with van der Waals surface area (Å²) >= 11 is 0. The van der Waals surface area contributed by atoms with Gasteiger partial charge in [0, 0.05) is 6.08 Å². The van der Waals surface area contributed by atoms with Gasteiger partial charge in [-0.3, -0.25) is 4.79 Å². The highest BCUT2D eigenvalue weighted by molar-refractivity contribution is 6.08. The van der Waals surface area contributed by atoms with Crippen LogP contribution in [0.25, 0.3) is 0 Å². The summed E-state index contributed by atoms with van der Waals surface area (Å²) in [6.07, 6.45) is -8.71. The SMILES string of the molecule is CC(C)Cc1c(C(=O)O)c(C(F)F)nc(C(F)(F)F)c1C(=O)C=CO. The summed E-state index contributed by atoms with van der Waals surface area (Å²) < 4.78 is 66.0. The largest absolute Gasteiger partial charge is 0.515 e. The fraction of sp³-hybridized carbons (Fsp3) is 0.400. The maximum atomic E-state index is 13.2. The minimum Gasteiger partial charge on any atom is -0.515 e. The molecule has 0 atom stereocenters. The number of allylic oxidation sites excluding steroid dienone is 1. The normalized spacial score (nSPS) is 12.4. The Labute approximate surface area is 138 Å². The number of rotatable bonds is 6. The highest BCUT2D eigenvalue weighted by Crippen LogP contribution is 2.37. The number of pyridine rings is 1. The second-order valence-corrected chi connectivity index (χ2v) is 5.46. The van der Waals surface area contributed by atoms with Gasteiger partial charge in [0.15, 0.2) is 11.5 Å². The lowest BCUT2D eigenvalue weighted by Crippen LogP contribution is -2.24. The van der Waals surface area contributed by atoms with Crippen LogP contribution in [0.4, 0.5) is 22.0 Å². The van der Waals surface area contributed by atoms with E-state index in [1.165, 1.54) is 13.8 Å². The summed E-state index contributed by atoms with van der Waals surface area (Å²) in [5, 5.41) is 17.9. The molecule has 0 bridgehead atoms. The van der Waals surface area contributed by atoms with E-state index < -0.39 is 58.4 Å². The van der Waals surface area contributed by atoms with Crippen molar-refractivity contribution >= 4 is 11.8 Å². The molecule has 0 fully saturated rings. The quantitative estimate of drug-likeness (QED) is 0.341. The smallest absolute Gasteiger partial charge is 0.434 e. The third kappa shape index (κ3) is 4.52. The van der Waals surface area contributed by atoms with E-state index >= 15 is 0 Å². The molecule has 0 aliphatic carbocycles. The number of hydrogen-bond donors (Lipinski definition) is 2. The number of aliphatic hydroxyl groups is 1. The van der Waals surface area contributed by atoms with Gasteiger partial charge in [0.1, 0.15) is 5.69 Å². The molecular weight excluding hydrogens is 353 g/mol. The van der Waals surface area contributed by atoms with Gasteiger partial charge in [-0.1, -0.05) is 13.8 Å². The van der Waals surface area contributed by atoms with E-state index in [1.54, 1.807) is 0 Å². The number of alkyl halides is 5. The Morgan fingerprint density at radius 3 is 2.12 bits per heavy atom. The monoisotopic (exact) mass is 367 g/mol. The number of carboxylic acid groups (broad SMARTS) is 1. The number of carbonyl (C=O) groups is 2. The van der Waals surface area contributed by atoms with Gasteiger partial charge in [-0.2, -0.15) is 13.2 Å². The van der Waals surface area contributed by atoms with Crippen molar-refractivity contribution < 1.29 is 41.8 Å². The predicted octanol–water partition coefficient (Wildman–Crippen LogP) is 4.19. The van der Waals surface area contributed by atoms with Crippen LogP contribution in [-0.2, 0) is 12.6 Å². The van der Waals surface area contributed by atoms with E-state index in [4.69, 9.17) is 5.11 Å². The first kappa shape index (κ1) is 20.5. The Bertz CT molecular complexity index is 711. The summed E-state index contributed by atoms with van der Waals surface area (Å²) in [7, 11) is 0. The van der Waals surface area contributed by atoms with Gasteiger partial charge >= 0.3 is 12.1 Å². The molecule has 25 heavy (non-hydrogen) atoms. The first-order valence-corrected chi connectivity index (χ1v) is 6.92. The molecule has 1 heterocycles. The molecule has 0 aliphatic heterocycles. The van der Waals surface area contributed by atoms with E-state index in [0.29, 0.717) is 6.08 Å². The lowest BCUT2D eigenvalue weighted by Gasteiger charge is -2.20. The Balaban J connectivity index is 4.07. The van der Waals surface area contributed by atoms with Crippen molar-refractivity contribution in [2.24, 2.45) is 5.92 Å². The van der Waals surface area contributed by atoms with Crippen molar-refractivity contribution in [1.82, 2.24) is 4.98 Å². The number of aliphatic hydroxyl groups excluding tert-OH is 1. The van der Waals surface area contributed by atoms with Gasteiger partial charge in [0.25, 0.3) is 6.43 Å². The predicted molar refractivity (Wildman–Crippen MR) is 75.8 cm³/mol. The summed E-state index contributed by atoms with van der Waals surface area (Å²) in [6.45, 7) is 3.02. The van der Waals surface area contributed by atoms with E-state index in [-0.39, 0.29) is 12.7 Å². The van der Waals surface area contributed by atoms with Crippen LogP contribution in [0.15, 0.2) is 12.3 Å². The van der Waals surface area contributed by atoms with Gasteiger partial charge in [-0.25, -0.2) is 18.6 Å². The highest BCUT2D eigenvalue weighted by atomic mass is 19.4. The standard InChI is InChI=1S/C15H14F5NO4/c1-6(2)5-7-9(8(23)3-4-22)12(15(18,19)20)21-11(13(16)17)10(7)14(24)25/h3-4,6,13,22H,5H2,1-2H3,(H,24,25). The summed E-state index contributed by atoms with van der Waals surface area (Å²) in [5.74, 6) is -3.76. The van der Waals surface area contributed by atoms with Crippen molar-refractivity contribution in [3.8, 4) is 0 Å². The van der Waals surface area contributed by atoms with E-state index in [9.17, 15) is 36.6 Å². The number of carbonyl (C=O) groups excluding carboxylic acids is 1. The first-order valence-electron chi connectivity index (χ1n) is 6.92. The molecule has 0 aromatic carbocycles. The maximum absolute atomic E-state index is 13.2. The van der Waals surface area contributed by atoms with Crippen molar-refractivity contribution in [1.29, 1.82) is 0 Å². The Kier molecular flexibility index (Phi) is 6.22. The van der Waals surface area contributed by atoms with Crippen molar-refractivity contribution in [2.75, 3.05) is 0 Å². The van der Waals surface area contributed by atoms with Crippen LogP contribution in [0.2, 0.25) is 0 Å². The molecule has 138 valence electrons. The van der Waals surface area contributed by atoms with Gasteiger partial charge in [-0.15, -0.1) is 0 Å².